The van der Waals surface area contributed by atoms with Crippen LogP contribution in [0.3, 0.4) is 0 Å². The van der Waals surface area contributed by atoms with Crippen molar-refractivity contribution in [1.82, 2.24) is 0 Å². The van der Waals surface area contributed by atoms with Gasteiger partial charge in [0.1, 0.15) is 23.1 Å². The summed E-state index contributed by atoms with van der Waals surface area (Å²) in [5.74, 6) is 1.62. The zero-order valence-corrected chi connectivity index (χ0v) is 12.4. The molecule has 104 valence electrons. The smallest absolute Gasteiger partial charge is 0.120 e. The van der Waals surface area contributed by atoms with Crippen molar-refractivity contribution in [2.24, 2.45) is 5.73 Å². The lowest BCUT2D eigenvalue weighted by atomic mass is 10.1. The summed E-state index contributed by atoms with van der Waals surface area (Å²) in [5, 5.41) is 0. The second kappa shape index (κ2) is 6.39. The molecule has 0 aromatic heterocycles. The van der Waals surface area contributed by atoms with E-state index >= 15 is 0 Å². The Hall–Kier alpha value is -2.07. The Labute approximate surface area is 124 Å². The predicted molar refractivity (Wildman–Crippen MR) is 84.4 cm³/mol. The third-order valence-electron chi connectivity index (χ3n) is 3.00. The van der Waals surface area contributed by atoms with E-state index in [0.29, 0.717) is 11.6 Å². The molecular weight excluding hydrogens is 270 g/mol. The Balaban J connectivity index is 2.07. The van der Waals surface area contributed by atoms with Gasteiger partial charge in [-0.25, -0.2) is 0 Å². The SMILES string of the molecule is COc1cccc(COc2ccc(C(N)=S)c(C)c2)c1. The first-order valence-electron chi connectivity index (χ1n) is 6.26. The summed E-state index contributed by atoms with van der Waals surface area (Å²) < 4.78 is 11.0. The van der Waals surface area contributed by atoms with Gasteiger partial charge in [-0.1, -0.05) is 24.4 Å². The van der Waals surface area contributed by atoms with Crippen molar-refractivity contribution in [3.05, 3.63) is 59.2 Å². The quantitative estimate of drug-likeness (QED) is 0.858. The Kier molecular flexibility index (Phi) is 4.58. The van der Waals surface area contributed by atoms with Gasteiger partial charge >= 0.3 is 0 Å². The summed E-state index contributed by atoms with van der Waals surface area (Å²) in [6, 6.07) is 13.5. The van der Waals surface area contributed by atoms with Crippen LogP contribution in [0.5, 0.6) is 11.5 Å². The van der Waals surface area contributed by atoms with Crippen LogP contribution in [-0.2, 0) is 6.61 Å². The molecule has 2 N–H and O–H groups in total. The number of rotatable bonds is 5. The third kappa shape index (κ3) is 3.48. The van der Waals surface area contributed by atoms with Gasteiger partial charge in [0.2, 0.25) is 0 Å². The fraction of sp³-hybridized carbons (Fsp3) is 0.188. The van der Waals surface area contributed by atoms with E-state index in [9.17, 15) is 0 Å². The van der Waals surface area contributed by atoms with E-state index in [-0.39, 0.29) is 0 Å². The van der Waals surface area contributed by atoms with Gasteiger partial charge in [-0.15, -0.1) is 0 Å². The predicted octanol–water partition coefficient (Wildman–Crippen LogP) is 3.22. The number of aryl methyl sites for hydroxylation is 1. The molecule has 20 heavy (non-hydrogen) atoms. The van der Waals surface area contributed by atoms with Crippen LogP contribution in [0.1, 0.15) is 16.7 Å². The zero-order chi connectivity index (χ0) is 14.5. The molecule has 3 nitrogen and oxygen atoms in total. The molecule has 0 fully saturated rings. The Morgan fingerprint density at radius 1 is 1.15 bits per heavy atom. The molecule has 0 bridgehead atoms. The van der Waals surface area contributed by atoms with Gasteiger partial charge in [0.25, 0.3) is 0 Å². The van der Waals surface area contributed by atoms with E-state index in [2.05, 4.69) is 0 Å². The largest absolute Gasteiger partial charge is 0.497 e. The van der Waals surface area contributed by atoms with E-state index in [1.807, 2.05) is 49.4 Å². The number of hydrogen-bond donors (Lipinski definition) is 1. The minimum Gasteiger partial charge on any atom is -0.497 e. The fourth-order valence-electron chi connectivity index (χ4n) is 1.93. The van der Waals surface area contributed by atoms with Gasteiger partial charge in [0, 0.05) is 5.56 Å². The van der Waals surface area contributed by atoms with Crippen molar-refractivity contribution in [1.29, 1.82) is 0 Å². The third-order valence-corrected chi connectivity index (χ3v) is 3.22. The highest BCUT2D eigenvalue weighted by molar-refractivity contribution is 7.80. The molecule has 0 unspecified atom stereocenters. The van der Waals surface area contributed by atoms with Gasteiger partial charge in [-0.3, -0.25) is 0 Å². The van der Waals surface area contributed by atoms with Gasteiger partial charge in [-0.2, -0.15) is 0 Å². The van der Waals surface area contributed by atoms with Crippen molar-refractivity contribution >= 4 is 17.2 Å². The van der Waals surface area contributed by atoms with Crippen molar-refractivity contribution < 1.29 is 9.47 Å². The van der Waals surface area contributed by atoms with E-state index in [1.165, 1.54) is 0 Å². The molecule has 0 atom stereocenters. The topological polar surface area (TPSA) is 44.5 Å². The summed E-state index contributed by atoms with van der Waals surface area (Å²) in [7, 11) is 1.65. The summed E-state index contributed by atoms with van der Waals surface area (Å²) >= 11 is 4.98. The Bertz CT molecular complexity index is 626. The molecule has 2 rings (SSSR count). The minimum absolute atomic E-state index is 0.404. The summed E-state index contributed by atoms with van der Waals surface area (Å²) in [6.07, 6.45) is 0. The summed E-state index contributed by atoms with van der Waals surface area (Å²) in [4.78, 5) is 0.404. The number of ether oxygens (including phenoxy) is 2. The van der Waals surface area contributed by atoms with Crippen LogP contribution in [0.4, 0.5) is 0 Å². The molecule has 4 heteroatoms. The van der Waals surface area contributed by atoms with Crippen LogP contribution in [0.2, 0.25) is 0 Å². The van der Waals surface area contributed by atoms with Crippen molar-refractivity contribution in [3.63, 3.8) is 0 Å². The first kappa shape index (κ1) is 14.3. The molecule has 0 aliphatic carbocycles. The second-order valence-corrected chi connectivity index (χ2v) is 4.92. The van der Waals surface area contributed by atoms with Crippen molar-refractivity contribution in [2.75, 3.05) is 7.11 Å². The van der Waals surface area contributed by atoms with Crippen LogP contribution in [-0.4, -0.2) is 12.1 Å². The van der Waals surface area contributed by atoms with Crippen LogP contribution in [0.15, 0.2) is 42.5 Å². The zero-order valence-electron chi connectivity index (χ0n) is 11.6. The maximum atomic E-state index is 5.77. The van der Waals surface area contributed by atoms with Gasteiger partial charge < -0.3 is 15.2 Å². The monoisotopic (exact) mass is 287 g/mol. The number of nitrogens with two attached hydrogens (primary N) is 1. The number of hydrogen-bond acceptors (Lipinski definition) is 3. The van der Waals surface area contributed by atoms with E-state index in [0.717, 1.165) is 28.2 Å². The molecule has 0 radical (unpaired) electrons. The molecular formula is C16H17NO2S. The summed E-state index contributed by atoms with van der Waals surface area (Å²) in [5.41, 5.74) is 8.59. The normalized spacial score (nSPS) is 10.1. The highest BCUT2D eigenvalue weighted by Crippen LogP contribution is 2.19. The molecule has 0 aliphatic heterocycles. The van der Waals surface area contributed by atoms with Crippen molar-refractivity contribution in [3.8, 4) is 11.5 Å². The number of methoxy groups -OCH3 is 1. The van der Waals surface area contributed by atoms with Crippen molar-refractivity contribution in [2.45, 2.75) is 13.5 Å². The maximum absolute atomic E-state index is 5.77. The fourth-order valence-corrected chi connectivity index (χ4v) is 2.16. The molecule has 0 amide bonds. The molecule has 0 saturated heterocycles. The first-order chi connectivity index (χ1) is 9.60. The average molecular weight is 287 g/mol. The average Bonchev–Trinajstić information content (AvgIpc) is 2.45. The van der Waals surface area contributed by atoms with Crippen LogP contribution in [0, 0.1) is 6.92 Å². The molecule has 0 saturated carbocycles. The van der Waals surface area contributed by atoms with Gasteiger partial charge in [0.15, 0.2) is 0 Å². The van der Waals surface area contributed by atoms with Gasteiger partial charge in [0.05, 0.1) is 7.11 Å². The lowest BCUT2D eigenvalue weighted by Gasteiger charge is -2.10. The maximum Gasteiger partial charge on any atom is 0.120 e. The van der Waals surface area contributed by atoms with E-state index < -0.39 is 0 Å². The molecule has 2 aromatic carbocycles. The highest BCUT2D eigenvalue weighted by Gasteiger charge is 2.04. The first-order valence-corrected chi connectivity index (χ1v) is 6.67. The highest BCUT2D eigenvalue weighted by atomic mass is 32.1. The Morgan fingerprint density at radius 2 is 1.95 bits per heavy atom. The number of thiocarbonyl (C=S) groups is 1. The molecule has 2 aromatic rings. The summed E-state index contributed by atoms with van der Waals surface area (Å²) in [6.45, 7) is 2.45. The molecule has 0 aliphatic rings. The lowest BCUT2D eigenvalue weighted by Crippen LogP contribution is -2.11. The standard InChI is InChI=1S/C16H17NO2S/c1-11-8-14(6-7-15(11)16(17)20)19-10-12-4-3-5-13(9-12)18-2/h3-9H,10H2,1-2H3,(H2,17,20). The van der Waals surface area contributed by atoms with E-state index in [4.69, 9.17) is 27.4 Å². The van der Waals surface area contributed by atoms with Crippen LogP contribution >= 0.6 is 12.2 Å². The van der Waals surface area contributed by atoms with Crippen LogP contribution < -0.4 is 15.2 Å². The number of benzene rings is 2. The van der Waals surface area contributed by atoms with Gasteiger partial charge in [-0.05, 0) is 48.4 Å². The second-order valence-electron chi connectivity index (χ2n) is 4.48. The minimum atomic E-state index is 0.404. The van der Waals surface area contributed by atoms with Crippen LogP contribution in [0.25, 0.3) is 0 Å². The van der Waals surface area contributed by atoms with E-state index in [1.54, 1.807) is 7.11 Å². The Morgan fingerprint density at radius 3 is 2.60 bits per heavy atom. The molecule has 0 spiro atoms. The molecule has 0 heterocycles. The lowest BCUT2D eigenvalue weighted by molar-refractivity contribution is 0.305.